The molecular weight excluding hydrogens is 240 g/mol. The van der Waals surface area contributed by atoms with Gasteiger partial charge in [0.15, 0.2) is 0 Å². The fraction of sp³-hybridized carbons (Fsp3) is 0.933. The summed E-state index contributed by atoms with van der Waals surface area (Å²) in [5, 5.41) is 3.02. The fourth-order valence-electron chi connectivity index (χ4n) is 2.76. The van der Waals surface area contributed by atoms with E-state index in [0.29, 0.717) is 0 Å². The van der Waals surface area contributed by atoms with Crippen LogP contribution in [-0.2, 0) is 4.74 Å². The first-order valence-electron chi connectivity index (χ1n) is 7.67. The first-order chi connectivity index (χ1) is 8.94. The van der Waals surface area contributed by atoms with Crippen LogP contribution < -0.4 is 5.32 Å². The summed E-state index contributed by atoms with van der Waals surface area (Å²) in [7, 11) is 0. The summed E-state index contributed by atoms with van der Waals surface area (Å²) in [6.45, 7) is 8.09. The monoisotopic (exact) mass is 268 g/mol. The first-order valence-corrected chi connectivity index (χ1v) is 7.67. The summed E-state index contributed by atoms with van der Waals surface area (Å²) < 4.78 is 5.32. The van der Waals surface area contributed by atoms with Crippen molar-refractivity contribution in [3.63, 3.8) is 0 Å². The number of carbonyl (C=O) groups is 1. The van der Waals surface area contributed by atoms with Gasteiger partial charge in [0.1, 0.15) is 5.60 Å². The van der Waals surface area contributed by atoms with Crippen molar-refractivity contribution in [2.75, 3.05) is 13.1 Å². The summed E-state index contributed by atoms with van der Waals surface area (Å²) in [5.41, 5.74) is -0.408. The second-order valence-electron chi connectivity index (χ2n) is 6.89. The van der Waals surface area contributed by atoms with Crippen LogP contribution in [-0.4, -0.2) is 41.8 Å². The van der Waals surface area contributed by atoms with Crippen molar-refractivity contribution in [3.05, 3.63) is 0 Å². The Hall–Kier alpha value is -0.770. The maximum atomic E-state index is 11.8. The Labute approximate surface area is 116 Å². The Morgan fingerprint density at radius 2 is 1.68 bits per heavy atom. The summed E-state index contributed by atoms with van der Waals surface area (Å²) in [5.74, 6) is 0. The Morgan fingerprint density at radius 1 is 1.11 bits per heavy atom. The molecule has 19 heavy (non-hydrogen) atoms. The topological polar surface area (TPSA) is 41.6 Å². The standard InChI is InChI=1S/C15H28N2O2/c1-15(2,3)19-14(18)16-12-6-4-10-17(11-5-7-12)13-8-9-13/h12-13H,4-11H2,1-3H3,(H,16,18). The molecule has 1 heterocycles. The molecule has 1 saturated heterocycles. The maximum Gasteiger partial charge on any atom is 0.407 e. The van der Waals surface area contributed by atoms with Crippen LogP contribution in [0, 0.1) is 0 Å². The fourth-order valence-corrected chi connectivity index (χ4v) is 2.76. The van der Waals surface area contributed by atoms with Gasteiger partial charge < -0.3 is 15.0 Å². The lowest BCUT2D eigenvalue weighted by atomic mass is 10.0. The van der Waals surface area contributed by atoms with Gasteiger partial charge in [-0.3, -0.25) is 0 Å². The SMILES string of the molecule is CC(C)(C)OC(=O)NC1CCCN(C2CC2)CCC1. The Kier molecular flexibility index (Phi) is 4.71. The van der Waals surface area contributed by atoms with Crippen molar-refractivity contribution in [1.29, 1.82) is 0 Å². The van der Waals surface area contributed by atoms with E-state index >= 15 is 0 Å². The van der Waals surface area contributed by atoms with Crippen molar-refractivity contribution in [2.45, 2.75) is 77.0 Å². The molecule has 2 rings (SSSR count). The lowest BCUT2D eigenvalue weighted by molar-refractivity contribution is 0.0492. The molecule has 1 aliphatic heterocycles. The lowest BCUT2D eigenvalue weighted by Crippen LogP contribution is -2.41. The molecule has 4 nitrogen and oxygen atoms in total. The largest absolute Gasteiger partial charge is 0.444 e. The highest BCUT2D eigenvalue weighted by Crippen LogP contribution is 2.28. The second kappa shape index (κ2) is 6.12. The van der Waals surface area contributed by atoms with Crippen LogP contribution >= 0.6 is 0 Å². The highest BCUT2D eigenvalue weighted by molar-refractivity contribution is 5.68. The van der Waals surface area contributed by atoms with E-state index in [0.717, 1.165) is 18.9 Å². The van der Waals surface area contributed by atoms with Crippen LogP contribution in [0.4, 0.5) is 4.79 Å². The molecule has 0 aromatic rings. The average molecular weight is 268 g/mol. The molecule has 0 spiro atoms. The third-order valence-electron chi connectivity index (χ3n) is 3.78. The quantitative estimate of drug-likeness (QED) is 0.837. The number of nitrogens with one attached hydrogen (secondary N) is 1. The minimum Gasteiger partial charge on any atom is -0.444 e. The number of nitrogens with zero attached hydrogens (tertiary/aromatic N) is 1. The van der Waals surface area contributed by atoms with Gasteiger partial charge in [-0.1, -0.05) is 0 Å². The normalized spacial score (nSPS) is 23.5. The molecule has 1 aliphatic carbocycles. The maximum absolute atomic E-state index is 11.8. The number of hydrogen-bond donors (Lipinski definition) is 1. The first kappa shape index (κ1) is 14.6. The van der Waals surface area contributed by atoms with Crippen LogP contribution in [0.3, 0.4) is 0 Å². The molecule has 1 amide bonds. The van der Waals surface area contributed by atoms with E-state index in [2.05, 4.69) is 10.2 Å². The minimum atomic E-state index is -0.408. The average Bonchev–Trinajstić information content (AvgIpc) is 3.02. The van der Waals surface area contributed by atoms with E-state index in [1.165, 1.54) is 38.8 Å². The number of ether oxygens (including phenoxy) is 1. The van der Waals surface area contributed by atoms with E-state index in [9.17, 15) is 4.79 Å². The summed E-state index contributed by atoms with van der Waals surface area (Å²) >= 11 is 0. The highest BCUT2D eigenvalue weighted by Gasteiger charge is 2.29. The van der Waals surface area contributed by atoms with Crippen molar-refractivity contribution >= 4 is 6.09 Å². The van der Waals surface area contributed by atoms with E-state index in [4.69, 9.17) is 4.74 Å². The van der Waals surface area contributed by atoms with Crippen molar-refractivity contribution in [3.8, 4) is 0 Å². The molecule has 0 unspecified atom stereocenters. The van der Waals surface area contributed by atoms with Crippen molar-refractivity contribution < 1.29 is 9.53 Å². The molecule has 2 aliphatic rings. The zero-order valence-corrected chi connectivity index (χ0v) is 12.6. The number of hydrogen-bond acceptors (Lipinski definition) is 3. The van der Waals surface area contributed by atoms with Gasteiger partial charge in [-0.2, -0.15) is 0 Å². The molecule has 4 heteroatoms. The van der Waals surface area contributed by atoms with Gasteiger partial charge in [-0.25, -0.2) is 4.79 Å². The predicted octanol–water partition coefficient (Wildman–Crippen LogP) is 2.92. The molecule has 0 atom stereocenters. The zero-order valence-electron chi connectivity index (χ0n) is 12.6. The van der Waals surface area contributed by atoms with Gasteiger partial charge in [0.05, 0.1) is 0 Å². The molecule has 2 fully saturated rings. The third kappa shape index (κ3) is 5.39. The summed E-state index contributed by atoms with van der Waals surface area (Å²) in [6, 6.07) is 1.16. The zero-order chi connectivity index (χ0) is 13.9. The third-order valence-corrected chi connectivity index (χ3v) is 3.78. The van der Waals surface area contributed by atoms with Gasteiger partial charge >= 0.3 is 6.09 Å². The summed E-state index contributed by atoms with van der Waals surface area (Å²) in [4.78, 5) is 14.4. The molecule has 0 radical (unpaired) electrons. The molecule has 0 bridgehead atoms. The Morgan fingerprint density at radius 3 is 2.16 bits per heavy atom. The van der Waals surface area contributed by atoms with Crippen molar-refractivity contribution in [2.24, 2.45) is 0 Å². The molecular formula is C15H28N2O2. The molecule has 110 valence electrons. The summed E-state index contributed by atoms with van der Waals surface area (Å²) in [6.07, 6.45) is 7.01. The van der Waals surface area contributed by atoms with Gasteiger partial charge in [0.2, 0.25) is 0 Å². The van der Waals surface area contributed by atoms with Gasteiger partial charge in [-0.05, 0) is 72.4 Å². The van der Waals surface area contributed by atoms with E-state index in [-0.39, 0.29) is 12.1 Å². The van der Waals surface area contributed by atoms with Gasteiger partial charge in [0, 0.05) is 12.1 Å². The van der Waals surface area contributed by atoms with E-state index < -0.39 is 5.60 Å². The van der Waals surface area contributed by atoms with Crippen molar-refractivity contribution in [1.82, 2.24) is 10.2 Å². The predicted molar refractivity (Wildman–Crippen MR) is 76.2 cm³/mol. The highest BCUT2D eigenvalue weighted by atomic mass is 16.6. The number of alkyl carbamates (subject to hydrolysis) is 1. The van der Waals surface area contributed by atoms with E-state index in [1.54, 1.807) is 0 Å². The lowest BCUT2D eigenvalue weighted by Gasteiger charge is -2.29. The molecule has 1 saturated carbocycles. The number of carbonyl (C=O) groups excluding carboxylic acids is 1. The molecule has 0 aromatic heterocycles. The number of rotatable bonds is 2. The van der Waals surface area contributed by atoms with Gasteiger partial charge in [0.25, 0.3) is 0 Å². The minimum absolute atomic E-state index is 0.267. The number of amides is 1. The van der Waals surface area contributed by atoms with Crippen LogP contribution in [0.25, 0.3) is 0 Å². The second-order valence-corrected chi connectivity index (χ2v) is 6.89. The van der Waals surface area contributed by atoms with Crippen LogP contribution in [0.5, 0.6) is 0 Å². The molecule has 0 aromatic carbocycles. The van der Waals surface area contributed by atoms with Crippen LogP contribution in [0.15, 0.2) is 0 Å². The Balaban J connectivity index is 1.71. The number of likely N-dealkylation sites (tertiary alicyclic amines) is 1. The van der Waals surface area contributed by atoms with Gasteiger partial charge in [-0.15, -0.1) is 0 Å². The van der Waals surface area contributed by atoms with Crippen LogP contribution in [0.1, 0.15) is 59.3 Å². The van der Waals surface area contributed by atoms with E-state index in [1.807, 2.05) is 20.8 Å². The Bertz CT molecular complexity index is 298. The smallest absolute Gasteiger partial charge is 0.407 e. The van der Waals surface area contributed by atoms with Crippen LogP contribution in [0.2, 0.25) is 0 Å². The molecule has 1 N–H and O–H groups in total.